The molecule has 0 saturated heterocycles. The number of rotatable bonds is 6. The molecule has 0 fully saturated rings. The van der Waals surface area contributed by atoms with Crippen molar-refractivity contribution in [1.82, 2.24) is 9.38 Å². The first-order valence-electron chi connectivity index (χ1n) is 8.03. The van der Waals surface area contributed by atoms with Crippen molar-refractivity contribution in [1.29, 1.82) is 0 Å². The summed E-state index contributed by atoms with van der Waals surface area (Å²) >= 11 is 0. The maximum Gasteiger partial charge on any atom is 0.359 e. The number of nitro groups is 1. The van der Waals surface area contributed by atoms with Crippen LogP contribution < -0.4 is 5.56 Å². The molecule has 10 heteroatoms. The number of pyridine rings is 1. The summed E-state index contributed by atoms with van der Waals surface area (Å²) in [6.45, 7) is 4.78. The van der Waals surface area contributed by atoms with E-state index in [2.05, 4.69) is 4.98 Å². The molecule has 2 aromatic rings. The molecule has 27 heavy (non-hydrogen) atoms. The van der Waals surface area contributed by atoms with Gasteiger partial charge >= 0.3 is 23.2 Å². The Morgan fingerprint density at radius 3 is 2.37 bits per heavy atom. The molecule has 0 bridgehead atoms. The average molecular weight is 375 g/mol. The number of hydrogen-bond donors (Lipinski definition) is 0. The van der Waals surface area contributed by atoms with Gasteiger partial charge in [-0.25, -0.2) is 14.6 Å². The Kier molecular flexibility index (Phi) is 6.01. The van der Waals surface area contributed by atoms with Gasteiger partial charge in [-0.1, -0.05) is 0 Å². The van der Waals surface area contributed by atoms with E-state index in [1.54, 1.807) is 13.0 Å². The van der Waals surface area contributed by atoms with Crippen LogP contribution in [0.5, 0.6) is 0 Å². The quantitative estimate of drug-likeness (QED) is 0.185. The van der Waals surface area contributed by atoms with Crippen molar-refractivity contribution in [3.63, 3.8) is 0 Å². The first kappa shape index (κ1) is 19.8. The molecule has 0 amide bonds. The van der Waals surface area contributed by atoms with Crippen LogP contribution in [-0.2, 0) is 19.1 Å². The summed E-state index contributed by atoms with van der Waals surface area (Å²) in [5, 5.41) is 11.4. The first-order valence-corrected chi connectivity index (χ1v) is 8.03. The summed E-state index contributed by atoms with van der Waals surface area (Å²) in [6.07, 6.45) is 2.20. The Morgan fingerprint density at radius 2 is 1.85 bits per heavy atom. The van der Waals surface area contributed by atoms with Crippen LogP contribution in [-0.4, -0.2) is 39.5 Å². The second-order valence-electron chi connectivity index (χ2n) is 5.34. The second-order valence-corrected chi connectivity index (χ2v) is 5.34. The number of aromatic nitrogens is 2. The van der Waals surface area contributed by atoms with Gasteiger partial charge in [0.15, 0.2) is 5.69 Å². The van der Waals surface area contributed by atoms with E-state index in [1.807, 2.05) is 0 Å². The van der Waals surface area contributed by atoms with E-state index >= 15 is 0 Å². The van der Waals surface area contributed by atoms with Crippen LogP contribution in [0.25, 0.3) is 11.7 Å². The molecule has 2 rings (SSSR count). The smallest absolute Gasteiger partial charge is 0.359 e. The minimum atomic E-state index is -1.03. The van der Waals surface area contributed by atoms with Crippen LogP contribution in [0, 0.1) is 17.0 Å². The molecule has 0 N–H and O–H groups in total. The highest BCUT2D eigenvalue weighted by Crippen LogP contribution is 2.18. The van der Waals surface area contributed by atoms with Crippen molar-refractivity contribution in [3.8, 4) is 0 Å². The number of aryl methyl sites for hydroxylation is 1. The van der Waals surface area contributed by atoms with Gasteiger partial charge in [0.1, 0.15) is 11.2 Å². The Morgan fingerprint density at radius 1 is 1.26 bits per heavy atom. The molecule has 2 heterocycles. The predicted octanol–water partition coefficient (Wildman–Crippen LogP) is 1.42. The van der Waals surface area contributed by atoms with Crippen LogP contribution in [0.4, 0.5) is 5.69 Å². The van der Waals surface area contributed by atoms with Gasteiger partial charge in [0, 0.05) is 6.20 Å². The molecule has 0 saturated carbocycles. The number of nitrogens with zero attached hydrogens (tertiary/aromatic N) is 3. The molecular weight excluding hydrogens is 358 g/mol. The van der Waals surface area contributed by atoms with Gasteiger partial charge in [-0.15, -0.1) is 0 Å². The Labute approximate surface area is 153 Å². The lowest BCUT2D eigenvalue weighted by Gasteiger charge is -2.07. The van der Waals surface area contributed by atoms with Crippen LogP contribution in [0.2, 0.25) is 0 Å². The summed E-state index contributed by atoms with van der Waals surface area (Å²) in [5.74, 6) is -2.06. The van der Waals surface area contributed by atoms with Crippen molar-refractivity contribution in [2.75, 3.05) is 13.2 Å². The largest absolute Gasteiger partial charge is 0.462 e. The van der Waals surface area contributed by atoms with Crippen molar-refractivity contribution in [2.45, 2.75) is 20.8 Å². The summed E-state index contributed by atoms with van der Waals surface area (Å²) in [5.41, 5.74) is -1.95. The van der Waals surface area contributed by atoms with Crippen LogP contribution in [0.1, 0.15) is 25.1 Å². The monoisotopic (exact) mass is 375 g/mol. The van der Waals surface area contributed by atoms with Gasteiger partial charge in [-0.05, 0) is 44.5 Å². The number of hydrogen-bond acceptors (Lipinski definition) is 8. The maximum absolute atomic E-state index is 12.5. The van der Waals surface area contributed by atoms with Gasteiger partial charge in [-0.3, -0.25) is 19.3 Å². The predicted molar refractivity (Wildman–Crippen MR) is 94.1 cm³/mol. The van der Waals surface area contributed by atoms with Crippen molar-refractivity contribution < 1.29 is 24.0 Å². The lowest BCUT2D eigenvalue weighted by Crippen LogP contribution is -2.22. The first-order chi connectivity index (χ1) is 12.8. The molecule has 0 aromatic carbocycles. The lowest BCUT2D eigenvalue weighted by atomic mass is 10.2. The lowest BCUT2D eigenvalue weighted by molar-refractivity contribution is -0.386. The van der Waals surface area contributed by atoms with Gasteiger partial charge in [-0.2, -0.15) is 0 Å². The molecule has 10 nitrogen and oxygen atoms in total. The average Bonchev–Trinajstić information content (AvgIpc) is 2.59. The van der Waals surface area contributed by atoms with E-state index in [9.17, 15) is 24.5 Å². The Balaban J connectivity index is 2.79. The van der Waals surface area contributed by atoms with Crippen LogP contribution in [0.15, 0.2) is 28.7 Å². The molecule has 142 valence electrons. The fourth-order valence-electron chi connectivity index (χ4n) is 2.28. The second kappa shape index (κ2) is 8.21. The van der Waals surface area contributed by atoms with Gasteiger partial charge in [0.05, 0.1) is 18.1 Å². The standard InChI is InChI=1S/C17H17N3O7/c1-4-26-16(22)11(17(23)27-5-2)9-12-14(20(24)25)15(21)19-7-6-10(3)8-13(19)18-12/h6-9H,4-5H2,1-3H3. The summed E-state index contributed by atoms with van der Waals surface area (Å²) in [7, 11) is 0. The third kappa shape index (κ3) is 4.17. The zero-order chi connectivity index (χ0) is 20.1. The van der Waals surface area contributed by atoms with E-state index < -0.39 is 39.4 Å². The molecule has 0 aliphatic carbocycles. The molecule has 0 radical (unpaired) electrons. The van der Waals surface area contributed by atoms with Crippen LogP contribution in [0.3, 0.4) is 0 Å². The minimum Gasteiger partial charge on any atom is -0.462 e. The summed E-state index contributed by atoms with van der Waals surface area (Å²) in [4.78, 5) is 51.2. The molecular formula is C17H17N3O7. The van der Waals surface area contributed by atoms with Crippen molar-refractivity contribution in [2.24, 2.45) is 0 Å². The van der Waals surface area contributed by atoms with Crippen LogP contribution >= 0.6 is 0 Å². The molecule has 0 atom stereocenters. The Bertz CT molecular complexity index is 987. The molecule has 2 aromatic heterocycles. The number of esters is 2. The number of carbonyl (C=O) groups excluding carboxylic acids is 2. The van der Waals surface area contributed by atoms with Crippen molar-refractivity contribution in [3.05, 3.63) is 55.6 Å². The normalized spacial score (nSPS) is 10.3. The fraction of sp³-hybridized carbons (Fsp3) is 0.294. The van der Waals surface area contributed by atoms with E-state index in [4.69, 9.17) is 9.47 Å². The van der Waals surface area contributed by atoms with Gasteiger partial charge in [0.25, 0.3) is 0 Å². The fourth-order valence-corrected chi connectivity index (χ4v) is 2.28. The molecule has 0 spiro atoms. The zero-order valence-electron chi connectivity index (χ0n) is 14.9. The van der Waals surface area contributed by atoms with Gasteiger partial charge < -0.3 is 9.47 Å². The topological polar surface area (TPSA) is 130 Å². The van der Waals surface area contributed by atoms with E-state index in [-0.39, 0.29) is 18.9 Å². The maximum atomic E-state index is 12.5. The molecule has 0 unspecified atom stereocenters. The molecule has 0 aliphatic rings. The van der Waals surface area contributed by atoms with E-state index in [1.165, 1.54) is 26.1 Å². The molecule has 0 aliphatic heterocycles. The highest BCUT2D eigenvalue weighted by molar-refractivity contribution is 6.17. The third-order valence-electron chi connectivity index (χ3n) is 3.44. The number of fused-ring (bicyclic) bond motifs is 1. The number of carbonyl (C=O) groups is 2. The summed E-state index contributed by atoms with van der Waals surface area (Å²) in [6, 6.07) is 3.13. The Hall–Kier alpha value is -3.56. The highest BCUT2D eigenvalue weighted by Gasteiger charge is 2.27. The minimum absolute atomic E-state index is 0.0231. The number of ether oxygens (including phenoxy) is 2. The van der Waals surface area contributed by atoms with Crippen molar-refractivity contribution >= 4 is 29.3 Å². The third-order valence-corrected chi connectivity index (χ3v) is 3.44. The van der Waals surface area contributed by atoms with E-state index in [0.717, 1.165) is 16.0 Å². The SMILES string of the molecule is CCOC(=O)C(=Cc1nc2cc(C)ccn2c(=O)c1[N+](=O)[O-])C(=O)OCC. The highest BCUT2D eigenvalue weighted by atomic mass is 16.6. The zero-order valence-corrected chi connectivity index (χ0v) is 14.9. The van der Waals surface area contributed by atoms with Gasteiger partial charge in [0.2, 0.25) is 0 Å². The van der Waals surface area contributed by atoms with E-state index in [0.29, 0.717) is 0 Å². The summed E-state index contributed by atoms with van der Waals surface area (Å²) < 4.78 is 10.6.